The number of hydrogen-bond donors (Lipinski definition) is 1. The summed E-state index contributed by atoms with van der Waals surface area (Å²) in [6.45, 7) is 1.85. The Hall–Kier alpha value is -3.06. The van der Waals surface area contributed by atoms with Gasteiger partial charge in [0, 0.05) is 18.1 Å². The lowest BCUT2D eigenvalue weighted by Gasteiger charge is -2.13. The van der Waals surface area contributed by atoms with E-state index in [0.717, 1.165) is 16.5 Å². The van der Waals surface area contributed by atoms with Gasteiger partial charge in [-0.3, -0.25) is 4.79 Å². The number of hydrogen-bond acceptors (Lipinski definition) is 5. The maximum Gasteiger partial charge on any atom is 0.237 e. The molecule has 0 aliphatic heterocycles. The largest absolute Gasteiger partial charge is 0.461 e. The van der Waals surface area contributed by atoms with E-state index in [1.807, 2.05) is 67.1 Å². The number of furan rings is 1. The Kier molecular flexibility index (Phi) is 4.68. The molecule has 0 saturated heterocycles. The van der Waals surface area contributed by atoms with E-state index >= 15 is 0 Å². The third-order valence-corrected chi connectivity index (χ3v) is 5.41. The second kappa shape index (κ2) is 7.28. The number of thioether (sulfide) groups is 1. The molecule has 1 amide bonds. The normalized spacial score (nSPS) is 12.2. The second-order valence-electron chi connectivity index (χ2n) is 6.12. The highest BCUT2D eigenvalue weighted by molar-refractivity contribution is 8.00. The van der Waals surface area contributed by atoms with Gasteiger partial charge in [-0.15, -0.1) is 10.2 Å². The number of amides is 1. The van der Waals surface area contributed by atoms with Crippen LogP contribution in [-0.2, 0) is 11.8 Å². The minimum Gasteiger partial charge on any atom is -0.461 e. The molecule has 4 rings (SSSR count). The monoisotopic (exact) mass is 378 g/mol. The van der Waals surface area contributed by atoms with Crippen LogP contribution in [0.15, 0.2) is 70.4 Å². The number of benzene rings is 2. The Morgan fingerprint density at radius 1 is 1.11 bits per heavy atom. The Labute approximate surface area is 160 Å². The first-order valence-electron chi connectivity index (χ1n) is 8.52. The lowest BCUT2D eigenvalue weighted by Crippen LogP contribution is -2.23. The fraction of sp³-hybridized carbons (Fsp3) is 0.150. The van der Waals surface area contributed by atoms with Gasteiger partial charge < -0.3 is 14.3 Å². The Balaban J connectivity index is 1.50. The number of rotatable bonds is 5. The van der Waals surface area contributed by atoms with Crippen LogP contribution in [0.25, 0.3) is 22.4 Å². The summed E-state index contributed by atoms with van der Waals surface area (Å²) in [6, 6.07) is 17.5. The van der Waals surface area contributed by atoms with Crippen LogP contribution >= 0.6 is 11.8 Å². The van der Waals surface area contributed by atoms with Crippen molar-refractivity contribution < 1.29 is 9.21 Å². The van der Waals surface area contributed by atoms with Crippen LogP contribution in [-0.4, -0.2) is 25.9 Å². The lowest BCUT2D eigenvalue weighted by molar-refractivity contribution is -0.115. The molecule has 2 aromatic heterocycles. The first kappa shape index (κ1) is 17.4. The van der Waals surface area contributed by atoms with E-state index in [-0.39, 0.29) is 11.2 Å². The molecule has 0 unspecified atom stereocenters. The topological polar surface area (TPSA) is 73.0 Å². The molecular weight excluding hydrogens is 360 g/mol. The standard InChI is InChI=1S/C20H18N4O2S/c1-13(27-20-23-22-18(24(20)2)17-11-6-12-26-17)19(25)21-16-10-5-8-14-7-3-4-9-15(14)16/h3-13H,1-2H3,(H,21,25)/t13-/m0/s1. The van der Waals surface area contributed by atoms with E-state index < -0.39 is 0 Å². The van der Waals surface area contributed by atoms with Crippen molar-refractivity contribution in [2.24, 2.45) is 7.05 Å². The molecule has 1 N–H and O–H groups in total. The molecule has 27 heavy (non-hydrogen) atoms. The molecule has 2 heterocycles. The summed E-state index contributed by atoms with van der Waals surface area (Å²) in [7, 11) is 1.86. The van der Waals surface area contributed by atoms with Crippen LogP contribution < -0.4 is 5.32 Å². The summed E-state index contributed by atoms with van der Waals surface area (Å²) >= 11 is 1.36. The SMILES string of the molecule is C[C@H](Sc1nnc(-c2ccco2)n1C)C(=O)Nc1cccc2ccccc12. The van der Waals surface area contributed by atoms with Gasteiger partial charge in [0.1, 0.15) is 0 Å². The molecule has 1 atom stereocenters. The van der Waals surface area contributed by atoms with Gasteiger partial charge in [0.05, 0.1) is 11.5 Å². The lowest BCUT2D eigenvalue weighted by atomic mass is 10.1. The van der Waals surface area contributed by atoms with Gasteiger partial charge in [-0.05, 0) is 30.5 Å². The van der Waals surface area contributed by atoms with E-state index in [0.29, 0.717) is 16.7 Å². The van der Waals surface area contributed by atoms with E-state index in [9.17, 15) is 4.79 Å². The Bertz CT molecular complexity index is 1080. The van der Waals surface area contributed by atoms with Gasteiger partial charge >= 0.3 is 0 Å². The molecular formula is C20H18N4O2S. The van der Waals surface area contributed by atoms with Crippen molar-refractivity contribution in [1.29, 1.82) is 0 Å². The minimum absolute atomic E-state index is 0.0844. The van der Waals surface area contributed by atoms with Crippen molar-refractivity contribution in [2.75, 3.05) is 5.32 Å². The summed E-state index contributed by atoms with van der Waals surface area (Å²) < 4.78 is 7.20. The summed E-state index contributed by atoms with van der Waals surface area (Å²) in [5.74, 6) is 1.19. The first-order valence-corrected chi connectivity index (χ1v) is 9.40. The molecule has 7 heteroatoms. The van der Waals surface area contributed by atoms with Crippen LogP contribution in [0.2, 0.25) is 0 Å². The van der Waals surface area contributed by atoms with Crippen molar-refractivity contribution in [3.8, 4) is 11.6 Å². The Morgan fingerprint density at radius 2 is 1.93 bits per heavy atom. The average Bonchev–Trinajstić information content (AvgIpc) is 3.32. The molecule has 0 spiro atoms. The van der Waals surface area contributed by atoms with Crippen molar-refractivity contribution in [2.45, 2.75) is 17.3 Å². The van der Waals surface area contributed by atoms with Gasteiger partial charge in [-0.1, -0.05) is 48.2 Å². The molecule has 6 nitrogen and oxygen atoms in total. The summed E-state index contributed by atoms with van der Waals surface area (Å²) in [6.07, 6.45) is 1.59. The van der Waals surface area contributed by atoms with Gasteiger partial charge in [-0.25, -0.2) is 0 Å². The molecule has 0 fully saturated rings. The number of nitrogens with one attached hydrogen (secondary N) is 1. The van der Waals surface area contributed by atoms with Crippen LogP contribution in [0.4, 0.5) is 5.69 Å². The fourth-order valence-corrected chi connectivity index (χ4v) is 3.63. The summed E-state index contributed by atoms with van der Waals surface area (Å²) in [5.41, 5.74) is 0.805. The van der Waals surface area contributed by atoms with E-state index in [2.05, 4.69) is 15.5 Å². The minimum atomic E-state index is -0.337. The van der Waals surface area contributed by atoms with Crippen LogP contribution in [0.1, 0.15) is 6.92 Å². The first-order chi connectivity index (χ1) is 13.1. The number of fused-ring (bicyclic) bond motifs is 1. The van der Waals surface area contributed by atoms with Gasteiger partial charge in [0.25, 0.3) is 0 Å². The quantitative estimate of drug-likeness (QED) is 0.523. The maximum atomic E-state index is 12.7. The van der Waals surface area contributed by atoms with Gasteiger partial charge in [-0.2, -0.15) is 0 Å². The predicted molar refractivity (Wildman–Crippen MR) is 107 cm³/mol. The number of carbonyl (C=O) groups is 1. The predicted octanol–water partition coefficient (Wildman–Crippen LogP) is 4.35. The van der Waals surface area contributed by atoms with E-state index in [4.69, 9.17) is 4.42 Å². The smallest absolute Gasteiger partial charge is 0.237 e. The van der Waals surface area contributed by atoms with Crippen LogP contribution in [0.3, 0.4) is 0 Å². The summed E-state index contributed by atoms with van der Waals surface area (Å²) in [5, 5.41) is 13.8. The number of aromatic nitrogens is 3. The zero-order valence-corrected chi connectivity index (χ0v) is 15.7. The third-order valence-electron chi connectivity index (χ3n) is 4.28. The molecule has 0 aliphatic carbocycles. The van der Waals surface area contributed by atoms with E-state index in [1.54, 1.807) is 12.3 Å². The average molecular weight is 378 g/mol. The fourth-order valence-electron chi connectivity index (χ4n) is 2.82. The van der Waals surface area contributed by atoms with Gasteiger partial charge in [0.2, 0.25) is 5.91 Å². The van der Waals surface area contributed by atoms with Gasteiger partial charge in [0.15, 0.2) is 16.7 Å². The van der Waals surface area contributed by atoms with Crippen molar-refractivity contribution >= 4 is 34.1 Å². The molecule has 2 aromatic carbocycles. The molecule has 0 saturated carbocycles. The molecule has 4 aromatic rings. The highest BCUT2D eigenvalue weighted by atomic mass is 32.2. The van der Waals surface area contributed by atoms with Crippen LogP contribution in [0.5, 0.6) is 0 Å². The molecule has 0 radical (unpaired) electrons. The highest BCUT2D eigenvalue weighted by Crippen LogP contribution is 2.28. The molecule has 0 bridgehead atoms. The third kappa shape index (κ3) is 3.46. The van der Waals surface area contributed by atoms with Crippen molar-refractivity contribution in [1.82, 2.24) is 14.8 Å². The van der Waals surface area contributed by atoms with Crippen LogP contribution in [0, 0.1) is 0 Å². The highest BCUT2D eigenvalue weighted by Gasteiger charge is 2.20. The molecule has 0 aliphatic rings. The van der Waals surface area contributed by atoms with E-state index in [1.165, 1.54) is 11.8 Å². The molecule has 136 valence electrons. The Morgan fingerprint density at radius 3 is 2.74 bits per heavy atom. The number of anilines is 1. The maximum absolute atomic E-state index is 12.7. The number of carbonyl (C=O) groups excluding carboxylic acids is 1. The van der Waals surface area contributed by atoms with Crippen molar-refractivity contribution in [3.63, 3.8) is 0 Å². The zero-order valence-electron chi connectivity index (χ0n) is 14.9. The number of nitrogens with zero attached hydrogens (tertiary/aromatic N) is 3. The van der Waals surface area contributed by atoms with Crippen molar-refractivity contribution in [3.05, 3.63) is 60.9 Å². The second-order valence-corrected chi connectivity index (χ2v) is 7.43. The summed E-state index contributed by atoms with van der Waals surface area (Å²) in [4.78, 5) is 12.7. The zero-order chi connectivity index (χ0) is 18.8.